The van der Waals surface area contributed by atoms with Gasteiger partial charge in [0.1, 0.15) is 0 Å². The van der Waals surface area contributed by atoms with Crippen LogP contribution in [0.25, 0.3) is 10.9 Å². The molecule has 2 aromatic carbocycles. The smallest absolute Gasteiger partial charge is 0.332 e. The summed E-state index contributed by atoms with van der Waals surface area (Å²) < 4.78 is 0. The Hall–Kier alpha value is -3.65. The number of carbonyl (C=O) groups is 3. The maximum atomic E-state index is 14.0. The van der Waals surface area contributed by atoms with Gasteiger partial charge >= 0.3 is 6.03 Å². The van der Waals surface area contributed by atoms with E-state index in [1.54, 1.807) is 29.2 Å². The topological polar surface area (TPSA) is 88.8 Å². The average molecular weight is 544 g/mol. The molecule has 40 heavy (non-hydrogen) atoms. The van der Waals surface area contributed by atoms with E-state index < -0.39 is 5.54 Å². The number of carbonyl (C=O) groups excluding carboxylic acids is 3. The maximum Gasteiger partial charge on any atom is 0.332 e. The molecule has 5 rings (SSSR count). The lowest BCUT2D eigenvalue weighted by Gasteiger charge is -2.35. The molecule has 1 unspecified atom stereocenters. The van der Waals surface area contributed by atoms with Crippen molar-refractivity contribution in [1.82, 2.24) is 20.1 Å². The first-order valence-electron chi connectivity index (χ1n) is 14.8. The Kier molecular flexibility index (Phi) is 8.26. The number of aromatic amines is 1. The minimum atomic E-state index is -1.12. The molecule has 1 saturated heterocycles. The Morgan fingerprint density at radius 3 is 2.48 bits per heavy atom. The zero-order valence-electron chi connectivity index (χ0n) is 24.0. The quantitative estimate of drug-likeness (QED) is 0.236. The minimum Gasteiger partial charge on any atom is -0.356 e. The summed E-state index contributed by atoms with van der Waals surface area (Å²) in [5, 5.41) is 4.11. The molecule has 1 atom stereocenters. The standard InChI is InChI=1S/C32H41N5O3/c1-4-6-18-35(19-7-5-2)20-11-17-33-29(38)23-12-10-13-24(22-23)37-30(39)32(3)28-26(16-21-36(32)31(37)40)25-14-8-9-15-27(25)34-28/h8-10,12-15,22,34H,4-7,11,16-21H2,1-3H3,(H,33,38). The van der Waals surface area contributed by atoms with E-state index in [1.807, 2.05) is 25.1 Å². The minimum absolute atomic E-state index is 0.198. The van der Waals surface area contributed by atoms with E-state index >= 15 is 0 Å². The Balaban J connectivity index is 1.28. The highest BCUT2D eigenvalue weighted by molar-refractivity contribution is 6.24. The van der Waals surface area contributed by atoms with Gasteiger partial charge in [-0.05, 0) is 82.1 Å². The number of unbranched alkanes of at least 4 members (excludes halogenated alkanes) is 2. The Morgan fingerprint density at radius 1 is 1.00 bits per heavy atom. The molecule has 8 heteroatoms. The van der Waals surface area contributed by atoms with Crippen LogP contribution in [0.15, 0.2) is 48.5 Å². The van der Waals surface area contributed by atoms with E-state index in [1.165, 1.54) is 30.6 Å². The Morgan fingerprint density at radius 2 is 1.73 bits per heavy atom. The summed E-state index contributed by atoms with van der Waals surface area (Å²) in [5.74, 6) is -0.502. The van der Waals surface area contributed by atoms with Crippen molar-refractivity contribution in [3.05, 3.63) is 65.4 Å². The fraction of sp³-hybridized carbons (Fsp3) is 0.469. The monoisotopic (exact) mass is 543 g/mol. The summed E-state index contributed by atoms with van der Waals surface area (Å²) in [6.45, 7) is 10.4. The molecule has 2 aliphatic heterocycles. The number of fused-ring (bicyclic) bond motifs is 5. The van der Waals surface area contributed by atoms with E-state index in [4.69, 9.17) is 0 Å². The van der Waals surface area contributed by atoms with E-state index in [-0.39, 0.29) is 17.8 Å². The van der Waals surface area contributed by atoms with Gasteiger partial charge in [-0.25, -0.2) is 9.69 Å². The highest BCUT2D eigenvalue weighted by Crippen LogP contribution is 2.45. The molecule has 0 bridgehead atoms. The first kappa shape index (κ1) is 27.9. The fourth-order valence-electron chi connectivity index (χ4n) is 6.11. The molecule has 8 nitrogen and oxygen atoms in total. The van der Waals surface area contributed by atoms with Crippen LogP contribution in [0.1, 0.15) is 74.5 Å². The highest BCUT2D eigenvalue weighted by Gasteiger charge is 2.59. The molecule has 3 aromatic rings. The number of para-hydroxylation sites is 1. The number of hydrogen-bond donors (Lipinski definition) is 2. The second-order valence-electron chi connectivity index (χ2n) is 11.1. The Bertz CT molecular complexity index is 1390. The molecule has 1 aromatic heterocycles. The summed E-state index contributed by atoms with van der Waals surface area (Å²) in [4.78, 5) is 49.4. The normalized spacial score (nSPS) is 18.5. The molecule has 0 aliphatic carbocycles. The summed E-state index contributed by atoms with van der Waals surface area (Å²) in [5.41, 5.74) is 2.57. The van der Waals surface area contributed by atoms with Crippen LogP contribution in [0.5, 0.6) is 0 Å². The number of amides is 4. The lowest BCUT2D eigenvalue weighted by Crippen LogP contribution is -2.49. The van der Waals surface area contributed by atoms with Crippen molar-refractivity contribution in [3.8, 4) is 0 Å². The van der Waals surface area contributed by atoms with Crippen LogP contribution in [-0.4, -0.2) is 65.4 Å². The number of nitrogens with one attached hydrogen (secondary N) is 2. The second-order valence-corrected chi connectivity index (χ2v) is 11.1. The summed E-state index contributed by atoms with van der Waals surface area (Å²) in [6, 6.07) is 14.5. The van der Waals surface area contributed by atoms with Crippen molar-refractivity contribution in [2.75, 3.05) is 37.6 Å². The molecule has 0 saturated carbocycles. The van der Waals surface area contributed by atoms with Gasteiger partial charge in [-0.3, -0.25) is 9.59 Å². The predicted octanol–water partition coefficient (Wildman–Crippen LogP) is 5.43. The maximum absolute atomic E-state index is 14.0. The predicted molar refractivity (Wildman–Crippen MR) is 159 cm³/mol. The number of nitrogens with zero attached hydrogens (tertiary/aromatic N) is 3. The number of benzene rings is 2. The fourth-order valence-corrected chi connectivity index (χ4v) is 6.11. The van der Waals surface area contributed by atoms with E-state index in [2.05, 4.69) is 35.1 Å². The van der Waals surface area contributed by atoms with Crippen LogP contribution in [-0.2, 0) is 16.8 Å². The zero-order valence-corrected chi connectivity index (χ0v) is 24.0. The van der Waals surface area contributed by atoms with Crippen LogP contribution in [0.4, 0.5) is 10.5 Å². The van der Waals surface area contributed by atoms with E-state index in [9.17, 15) is 14.4 Å². The van der Waals surface area contributed by atoms with Gasteiger partial charge in [-0.1, -0.05) is 51.0 Å². The lowest BCUT2D eigenvalue weighted by atomic mass is 9.87. The first-order chi connectivity index (χ1) is 19.4. The number of anilines is 1. The molecule has 0 spiro atoms. The first-order valence-corrected chi connectivity index (χ1v) is 14.8. The molecule has 2 aliphatic rings. The largest absolute Gasteiger partial charge is 0.356 e. The number of rotatable bonds is 12. The molecule has 1 fully saturated rings. The summed E-state index contributed by atoms with van der Waals surface area (Å²) >= 11 is 0. The van der Waals surface area contributed by atoms with Crippen molar-refractivity contribution >= 4 is 34.4 Å². The van der Waals surface area contributed by atoms with Crippen LogP contribution < -0.4 is 10.2 Å². The summed E-state index contributed by atoms with van der Waals surface area (Å²) in [7, 11) is 0. The number of H-pyrrole nitrogens is 1. The van der Waals surface area contributed by atoms with E-state index in [0.29, 0.717) is 30.8 Å². The molecule has 4 amide bonds. The van der Waals surface area contributed by atoms with Gasteiger partial charge in [0.05, 0.1) is 11.4 Å². The molecule has 0 radical (unpaired) electrons. The number of aromatic nitrogens is 1. The molecule has 3 heterocycles. The van der Waals surface area contributed by atoms with Gasteiger partial charge in [0.2, 0.25) is 0 Å². The van der Waals surface area contributed by atoms with Gasteiger partial charge in [-0.2, -0.15) is 0 Å². The van der Waals surface area contributed by atoms with Gasteiger partial charge in [0.15, 0.2) is 5.54 Å². The molecular formula is C32H41N5O3. The second kappa shape index (κ2) is 11.8. The van der Waals surface area contributed by atoms with Crippen LogP contribution >= 0.6 is 0 Å². The van der Waals surface area contributed by atoms with Gasteiger partial charge in [0, 0.05) is 29.6 Å². The number of urea groups is 1. The third kappa shape index (κ3) is 5.01. The third-order valence-electron chi connectivity index (χ3n) is 8.43. The summed E-state index contributed by atoms with van der Waals surface area (Å²) in [6.07, 6.45) is 6.29. The lowest BCUT2D eigenvalue weighted by molar-refractivity contribution is -0.125. The molecule has 212 valence electrons. The van der Waals surface area contributed by atoms with Crippen LogP contribution in [0.3, 0.4) is 0 Å². The zero-order chi connectivity index (χ0) is 28.3. The average Bonchev–Trinajstić information content (AvgIpc) is 3.45. The molecule has 2 N–H and O–H groups in total. The van der Waals surface area contributed by atoms with Crippen LogP contribution in [0, 0.1) is 0 Å². The third-order valence-corrected chi connectivity index (χ3v) is 8.43. The van der Waals surface area contributed by atoms with Crippen molar-refractivity contribution in [1.29, 1.82) is 0 Å². The van der Waals surface area contributed by atoms with E-state index in [0.717, 1.165) is 48.2 Å². The van der Waals surface area contributed by atoms with Gasteiger partial charge in [0.25, 0.3) is 11.8 Å². The van der Waals surface area contributed by atoms with Crippen LogP contribution in [0.2, 0.25) is 0 Å². The van der Waals surface area contributed by atoms with Crippen molar-refractivity contribution in [2.24, 2.45) is 0 Å². The SMILES string of the molecule is CCCCN(CCCC)CCCNC(=O)c1cccc(N2C(=O)N3CCc4c([nH]c5ccccc45)C3(C)C2=O)c1. The Labute approximate surface area is 236 Å². The van der Waals surface area contributed by atoms with Crippen molar-refractivity contribution < 1.29 is 14.4 Å². The van der Waals surface area contributed by atoms with Crippen molar-refractivity contribution in [2.45, 2.75) is 64.8 Å². The number of hydrogen-bond acceptors (Lipinski definition) is 4. The molecular weight excluding hydrogens is 502 g/mol. The van der Waals surface area contributed by atoms with Gasteiger partial charge < -0.3 is 20.1 Å². The van der Waals surface area contributed by atoms with Gasteiger partial charge in [-0.15, -0.1) is 0 Å². The van der Waals surface area contributed by atoms with Crippen molar-refractivity contribution in [3.63, 3.8) is 0 Å². The highest BCUT2D eigenvalue weighted by atomic mass is 16.2. The number of imide groups is 1.